The first-order valence-corrected chi connectivity index (χ1v) is 7.20. The van der Waals surface area contributed by atoms with Crippen molar-refractivity contribution in [2.45, 2.75) is 5.75 Å². The first kappa shape index (κ1) is 13.2. The Morgan fingerprint density at radius 3 is 2.39 bits per heavy atom. The fourth-order valence-corrected chi connectivity index (χ4v) is 2.71. The van der Waals surface area contributed by atoms with Crippen LogP contribution in [0.5, 0.6) is 0 Å². The van der Waals surface area contributed by atoms with E-state index in [9.17, 15) is 4.79 Å². The van der Waals surface area contributed by atoms with E-state index >= 15 is 0 Å². The lowest BCUT2D eigenvalue weighted by atomic mass is 10.1. The molecule has 0 fully saturated rings. The Morgan fingerprint density at radius 1 is 1.00 bits per heavy atom. The number of halogens is 1. The molecule has 18 heavy (non-hydrogen) atoms. The van der Waals surface area contributed by atoms with E-state index in [1.807, 2.05) is 30.3 Å². The van der Waals surface area contributed by atoms with Crippen molar-refractivity contribution in [1.29, 1.82) is 0 Å². The van der Waals surface area contributed by atoms with Gasteiger partial charge in [0.25, 0.3) is 0 Å². The fraction of sp³-hybridized carbons (Fsp3) is 0.133. The molecule has 0 saturated carbocycles. The minimum Gasteiger partial charge on any atom is -0.293 e. The third-order valence-electron chi connectivity index (χ3n) is 2.52. The van der Waals surface area contributed by atoms with Crippen LogP contribution in [0, 0.1) is 0 Å². The highest BCUT2D eigenvalue weighted by atomic mass is 35.5. The zero-order valence-electron chi connectivity index (χ0n) is 9.80. The van der Waals surface area contributed by atoms with Gasteiger partial charge in [0.15, 0.2) is 5.78 Å². The summed E-state index contributed by atoms with van der Waals surface area (Å²) in [7, 11) is 0. The van der Waals surface area contributed by atoms with Crippen LogP contribution in [0.3, 0.4) is 0 Å². The number of Topliss-reactive ketones (excluding diaryl/α,β-unsaturated/α-hetero) is 1. The first-order valence-electron chi connectivity index (χ1n) is 5.67. The molecule has 0 aliphatic carbocycles. The Balaban J connectivity index is 1.88. The van der Waals surface area contributed by atoms with Gasteiger partial charge in [0.05, 0.1) is 10.8 Å². The molecule has 0 aromatic heterocycles. The molecule has 1 nitrogen and oxygen atoms in total. The van der Waals surface area contributed by atoms with E-state index in [-0.39, 0.29) is 5.78 Å². The maximum atomic E-state index is 12.0. The number of thioether (sulfide) groups is 1. The van der Waals surface area contributed by atoms with Crippen LogP contribution in [0.1, 0.15) is 15.9 Å². The lowest BCUT2D eigenvalue weighted by molar-refractivity contribution is 0.102. The normalized spacial score (nSPS) is 10.3. The van der Waals surface area contributed by atoms with Crippen molar-refractivity contribution in [2.24, 2.45) is 0 Å². The lowest BCUT2D eigenvalue weighted by Crippen LogP contribution is -2.03. The van der Waals surface area contributed by atoms with Crippen LogP contribution in [0.15, 0.2) is 54.6 Å². The molecule has 0 aliphatic heterocycles. The van der Waals surface area contributed by atoms with Gasteiger partial charge in [0, 0.05) is 11.3 Å². The second-order valence-corrected chi connectivity index (χ2v) is 5.27. The molecule has 0 atom stereocenters. The Bertz CT molecular complexity index is 525. The molecule has 3 heteroatoms. The molecule has 0 N–H and O–H groups in total. The van der Waals surface area contributed by atoms with Gasteiger partial charge in [0.1, 0.15) is 0 Å². The lowest BCUT2D eigenvalue weighted by Gasteiger charge is -2.03. The molecule has 2 aromatic carbocycles. The molecular formula is C15H13ClOS. The number of carbonyl (C=O) groups is 1. The van der Waals surface area contributed by atoms with Gasteiger partial charge in [-0.3, -0.25) is 4.79 Å². The number of rotatable bonds is 5. The molecule has 0 amide bonds. The smallest absolute Gasteiger partial charge is 0.174 e. The largest absolute Gasteiger partial charge is 0.293 e. The van der Waals surface area contributed by atoms with E-state index in [1.165, 1.54) is 5.56 Å². The Kier molecular flexibility index (Phi) is 4.85. The van der Waals surface area contributed by atoms with E-state index in [1.54, 1.807) is 23.9 Å². The summed E-state index contributed by atoms with van der Waals surface area (Å²) < 4.78 is 0. The van der Waals surface area contributed by atoms with Crippen molar-refractivity contribution in [2.75, 3.05) is 5.75 Å². The summed E-state index contributed by atoms with van der Waals surface area (Å²) in [5.41, 5.74) is 1.84. The summed E-state index contributed by atoms with van der Waals surface area (Å²) in [6.07, 6.45) is 0. The molecule has 0 radical (unpaired) electrons. The molecular weight excluding hydrogens is 264 g/mol. The van der Waals surface area contributed by atoms with Gasteiger partial charge >= 0.3 is 0 Å². The van der Waals surface area contributed by atoms with E-state index in [2.05, 4.69) is 12.1 Å². The van der Waals surface area contributed by atoms with Crippen molar-refractivity contribution in [3.63, 3.8) is 0 Å². The summed E-state index contributed by atoms with van der Waals surface area (Å²) in [5, 5.41) is 0.530. The molecule has 92 valence electrons. The van der Waals surface area contributed by atoms with Crippen LogP contribution >= 0.6 is 23.4 Å². The van der Waals surface area contributed by atoms with Crippen LogP contribution in [0.4, 0.5) is 0 Å². The van der Waals surface area contributed by atoms with Gasteiger partial charge < -0.3 is 0 Å². The predicted octanol–water partition coefficient (Wildman–Crippen LogP) is 4.46. The average molecular weight is 277 g/mol. The second-order valence-electron chi connectivity index (χ2n) is 3.88. The third-order valence-corrected chi connectivity index (χ3v) is 3.85. The standard InChI is InChI=1S/C15H13ClOS/c16-14-9-5-4-8-13(14)15(17)11-18-10-12-6-2-1-3-7-12/h1-9H,10-11H2. The summed E-state index contributed by atoms with van der Waals surface area (Å²) in [4.78, 5) is 12.0. The van der Waals surface area contributed by atoms with E-state index in [4.69, 9.17) is 11.6 Å². The summed E-state index contributed by atoms with van der Waals surface area (Å²) >= 11 is 7.59. The first-order chi connectivity index (χ1) is 8.77. The van der Waals surface area contributed by atoms with Gasteiger partial charge in [-0.15, -0.1) is 11.8 Å². The fourth-order valence-electron chi connectivity index (χ4n) is 1.60. The van der Waals surface area contributed by atoms with Crippen molar-refractivity contribution >= 4 is 29.1 Å². The van der Waals surface area contributed by atoms with Gasteiger partial charge in [-0.1, -0.05) is 54.1 Å². The molecule has 2 aromatic rings. The van der Waals surface area contributed by atoms with Gasteiger partial charge in [-0.2, -0.15) is 0 Å². The van der Waals surface area contributed by atoms with Crippen molar-refractivity contribution < 1.29 is 4.79 Å². The van der Waals surface area contributed by atoms with Crippen LogP contribution in [-0.2, 0) is 5.75 Å². The van der Waals surface area contributed by atoms with Crippen molar-refractivity contribution in [3.8, 4) is 0 Å². The molecule has 0 heterocycles. The Hall–Kier alpha value is -1.25. The van der Waals surface area contributed by atoms with Crippen LogP contribution in [-0.4, -0.2) is 11.5 Å². The number of ketones is 1. The number of hydrogen-bond donors (Lipinski definition) is 0. The van der Waals surface area contributed by atoms with Crippen molar-refractivity contribution in [1.82, 2.24) is 0 Å². The summed E-state index contributed by atoms with van der Waals surface area (Å²) in [5.74, 6) is 1.39. The van der Waals surface area contributed by atoms with Crippen LogP contribution in [0.25, 0.3) is 0 Å². The quantitative estimate of drug-likeness (QED) is 0.750. The Morgan fingerprint density at radius 2 is 1.67 bits per heavy atom. The molecule has 0 unspecified atom stereocenters. The summed E-state index contributed by atoms with van der Waals surface area (Å²) in [6.45, 7) is 0. The van der Waals surface area contributed by atoms with Crippen LogP contribution in [0.2, 0.25) is 5.02 Å². The van der Waals surface area contributed by atoms with E-state index < -0.39 is 0 Å². The van der Waals surface area contributed by atoms with Gasteiger partial charge in [0.2, 0.25) is 0 Å². The molecule has 0 bridgehead atoms. The van der Waals surface area contributed by atoms with Gasteiger partial charge in [-0.25, -0.2) is 0 Å². The molecule has 0 aliphatic rings. The SMILES string of the molecule is O=C(CSCc1ccccc1)c1ccccc1Cl. The minimum absolute atomic E-state index is 0.0848. The molecule has 2 rings (SSSR count). The third kappa shape index (κ3) is 3.62. The highest BCUT2D eigenvalue weighted by molar-refractivity contribution is 7.99. The van der Waals surface area contributed by atoms with Crippen molar-refractivity contribution in [3.05, 3.63) is 70.7 Å². The highest BCUT2D eigenvalue weighted by Crippen LogP contribution is 2.19. The molecule has 0 spiro atoms. The van der Waals surface area contributed by atoms with Gasteiger partial charge in [-0.05, 0) is 17.7 Å². The van der Waals surface area contributed by atoms with E-state index in [0.29, 0.717) is 16.3 Å². The summed E-state index contributed by atoms with van der Waals surface area (Å²) in [6, 6.07) is 17.3. The number of carbonyl (C=O) groups excluding carboxylic acids is 1. The zero-order chi connectivity index (χ0) is 12.8. The Labute approximate surface area is 116 Å². The number of hydrogen-bond acceptors (Lipinski definition) is 2. The second kappa shape index (κ2) is 6.62. The van der Waals surface area contributed by atoms with Crippen LogP contribution < -0.4 is 0 Å². The number of benzene rings is 2. The minimum atomic E-state index is 0.0848. The maximum Gasteiger partial charge on any atom is 0.174 e. The highest BCUT2D eigenvalue weighted by Gasteiger charge is 2.09. The van der Waals surface area contributed by atoms with E-state index in [0.717, 1.165) is 5.75 Å². The topological polar surface area (TPSA) is 17.1 Å². The monoisotopic (exact) mass is 276 g/mol. The maximum absolute atomic E-state index is 12.0. The average Bonchev–Trinajstić information content (AvgIpc) is 2.40. The molecule has 0 saturated heterocycles. The predicted molar refractivity (Wildman–Crippen MR) is 78.4 cm³/mol. The zero-order valence-corrected chi connectivity index (χ0v) is 11.4.